The molecule has 3 aromatic rings. The number of nitrogens with zero attached hydrogens (tertiary/aromatic N) is 4. The van der Waals surface area contributed by atoms with E-state index in [1.165, 1.54) is 6.20 Å². The van der Waals surface area contributed by atoms with E-state index in [0.717, 1.165) is 11.8 Å². The van der Waals surface area contributed by atoms with Crippen LogP contribution in [0.15, 0.2) is 46.3 Å². The zero-order valence-corrected chi connectivity index (χ0v) is 13.5. The molecule has 0 radical (unpaired) electrons. The standard InChI is InChI=1S/C13H11BrN4O2S/c1-21(19,20)13-15-7-10-11(14)17-18(12(10)16-13)8-9-5-3-2-4-6-9/h2-7H,8H2,1H3. The molecule has 21 heavy (non-hydrogen) atoms. The maximum absolute atomic E-state index is 11.6. The van der Waals surface area contributed by atoms with Gasteiger partial charge in [-0.2, -0.15) is 10.1 Å². The number of aromatic nitrogens is 4. The van der Waals surface area contributed by atoms with E-state index in [0.29, 0.717) is 22.2 Å². The fourth-order valence-corrected chi connectivity index (χ4v) is 2.92. The molecule has 2 aromatic heterocycles. The molecule has 3 rings (SSSR count). The van der Waals surface area contributed by atoms with Crippen LogP contribution in [0.1, 0.15) is 5.56 Å². The van der Waals surface area contributed by atoms with E-state index in [1.54, 1.807) is 4.68 Å². The fourth-order valence-electron chi connectivity index (χ4n) is 1.95. The molecule has 1 aromatic carbocycles. The smallest absolute Gasteiger partial charge is 0.242 e. The summed E-state index contributed by atoms with van der Waals surface area (Å²) in [6, 6.07) is 9.75. The van der Waals surface area contributed by atoms with Crippen molar-refractivity contribution in [3.63, 3.8) is 0 Å². The van der Waals surface area contributed by atoms with Crippen molar-refractivity contribution in [3.05, 3.63) is 46.7 Å². The first-order valence-electron chi connectivity index (χ1n) is 6.08. The normalized spacial score (nSPS) is 11.9. The molecule has 0 spiro atoms. The van der Waals surface area contributed by atoms with Gasteiger partial charge in [0.2, 0.25) is 15.0 Å². The number of fused-ring (bicyclic) bond motifs is 1. The molecule has 0 saturated heterocycles. The van der Waals surface area contributed by atoms with E-state index in [4.69, 9.17) is 0 Å². The Balaban J connectivity index is 2.14. The van der Waals surface area contributed by atoms with Crippen LogP contribution in [-0.4, -0.2) is 34.4 Å². The summed E-state index contributed by atoms with van der Waals surface area (Å²) in [5.74, 6) is 0. The van der Waals surface area contributed by atoms with Gasteiger partial charge in [-0.25, -0.2) is 18.1 Å². The monoisotopic (exact) mass is 366 g/mol. The van der Waals surface area contributed by atoms with Crippen LogP contribution in [0, 0.1) is 0 Å². The Morgan fingerprint density at radius 2 is 1.95 bits per heavy atom. The number of benzene rings is 1. The lowest BCUT2D eigenvalue weighted by molar-refractivity contribution is 0.592. The lowest BCUT2D eigenvalue weighted by atomic mass is 10.2. The quantitative estimate of drug-likeness (QED) is 0.662. The van der Waals surface area contributed by atoms with E-state index < -0.39 is 9.84 Å². The molecule has 0 saturated carbocycles. The largest absolute Gasteiger partial charge is 0.248 e. The van der Waals surface area contributed by atoms with Crippen molar-refractivity contribution in [2.45, 2.75) is 11.7 Å². The van der Waals surface area contributed by atoms with Gasteiger partial charge >= 0.3 is 0 Å². The average molecular weight is 367 g/mol. The van der Waals surface area contributed by atoms with Crippen LogP contribution in [-0.2, 0) is 16.4 Å². The van der Waals surface area contributed by atoms with Gasteiger partial charge in [-0.05, 0) is 21.5 Å². The lowest BCUT2D eigenvalue weighted by Gasteiger charge is -2.03. The number of rotatable bonds is 3. The van der Waals surface area contributed by atoms with Crippen molar-refractivity contribution < 1.29 is 8.42 Å². The third-order valence-corrected chi connectivity index (χ3v) is 4.37. The van der Waals surface area contributed by atoms with Crippen molar-refractivity contribution in [2.75, 3.05) is 6.26 Å². The SMILES string of the molecule is CS(=O)(=O)c1ncc2c(Br)nn(Cc3ccccc3)c2n1. The van der Waals surface area contributed by atoms with Gasteiger partial charge in [0.05, 0.1) is 11.9 Å². The van der Waals surface area contributed by atoms with E-state index in [-0.39, 0.29) is 5.16 Å². The van der Waals surface area contributed by atoms with E-state index in [1.807, 2.05) is 30.3 Å². The van der Waals surface area contributed by atoms with Crippen LogP contribution < -0.4 is 0 Å². The molecule has 0 amide bonds. The molecule has 8 heteroatoms. The highest BCUT2D eigenvalue weighted by molar-refractivity contribution is 9.10. The topological polar surface area (TPSA) is 77.7 Å². The van der Waals surface area contributed by atoms with Gasteiger partial charge in [0.25, 0.3) is 0 Å². The van der Waals surface area contributed by atoms with Gasteiger partial charge in [0.1, 0.15) is 4.60 Å². The van der Waals surface area contributed by atoms with Crippen LogP contribution >= 0.6 is 15.9 Å². The summed E-state index contributed by atoms with van der Waals surface area (Å²) in [6.45, 7) is 0.503. The van der Waals surface area contributed by atoms with Crippen LogP contribution in [0.3, 0.4) is 0 Å². The molecule has 0 aliphatic heterocycles. The molecule has 0 N–H and O–H groups in total. The number of hydrogen-bond acceptors (Lipinski definition) is 5. The van der Waals surface area contributed by atoms with Gasteiger partial charge in [-0.3, -0.25) is 0 Å². The summed E-state index contributed by atoms with van der Waals surface area (Å²) >= 11 is 3.34. The van der Waals surface area contributed by atoms with Crippen LogP contribution in [0.4, 0.5) is 0 Å². The van der Waals surface area contributed by atoms with Gasteiger partial charge in [-0.1, -0.05) is 30.3 Å². The highest BCUT2D eigenvalue weighted by Gasteiger charge is 2.16. The third-order valence-electron chi connectivity index (χ3n) is 2.93. The summed E-state index contributed by atoms with van der Waals surface area (Å²) < 4.78 is 25.4. The second-order valence-electron chi connectivity index (χ2n) is 4.60. The van der Waals surface area contributed by atoms with Crippen LogP contribution in [0.2, 0.25) is 0 Å². The fraction of sp³-hybridized carbons (Fsp3) is 0.154. The average Bonchev–Trinajstić information content (AvgIpc) is 2.75. The molecule has 6 nitrogen and oxygen atoms in total. The first-order chi connectivity index (χ1) is 9.95. The molecule has 0 atom stereocenters. The number of sulfone groups is 1. The Morgan fingerprint density at radius 1 is 1.24 bits per heavy atom. The Morgan fingerprint density at radius 3 is 2.62 bits per heavy atom. The van der Waals surface area contributed by atoms with Gasteiger partial charge in [0, 0.05) is 12.5 Å². The predicted molar refractivity (Wildman–Crippen MR) is 81.7 cm³/mol. The highest BCUT2D eigenvalue weighted by atomic mass is 79.9. The third kappa shape index (κ3) is 2.81. The van der Waals surface area contributed by atoms with E-state index >= 15 is 0 Å². The number of halogens is 1. The number of hydrogen-bond donors (Lipinski definition) is 0. The van der Waals surface area contributed by atoms with Crippen molar-refractivity contribution >= 4 is 36.8 Å². The molecule has 108 valence electrons. The van der Waals surface area contributed by atoms with Gasteiger partial charge in [-0.15, -0.1) is 0 Å². The van der Waals surface area contributed by atoms with Crippen molar-refractivity contribution in [2.24, 2.45) is 0 Å². The Bertz CT molecular complexity index is 907. The summed E-state index contributed by atoms with van der Waals surface area (Å²) in [5.41, 5.74) is 1.54. The van der Waals surface area contributed by atoms with Gasteiger partial charge in [0.15, 0.2) is 5.65 Å². The molecular weight excluding hydrogens is 356 g/mol. The summed E-state index contributed by atoms with van der Waals surface area (Å²) in [7, 11) is -3.45. The molecule has 0 fully saturated rings. The van der Waals surface area contributed by atoms with Crippen molar-refractivity contribution in [1.29, 1.82) is 0 Å². The van der Waals surface area contributed by atoms with Crippen LogP contribution in [0.5, 0.6) is 0 Å². The Hall–Kier alpha value is -1.80. The summed E-state index contributed by atoms with van der Waals surface area (Å²) in [6.07, 6.45) is 2.55. The minimum absolute atomic E-state index is 0.197. The minimum Gasteiger partial charge on any atom is -0.242 e. The van der Waals surface area contributed by atoms with Crippen LogP contribution in [0.25, 0.3) is 11.0 Å². The predicted octanol–water partition coefficient (Wildman–Crippen LogP) is 2.04. The van der Waals surface area contributed by atoms with E-state index in [2.05, 4.69) is 31.0 Å². The second kappa shape index (κ2) is 5.19. The molecular formula is C13H11BrN4O2S. The van der Waals surface area contributed by atoms with Crippen molar-refractivity contribution in [1.82, 2.24) is 19.7 Å². The molecule has 2 heterocycles. The zero-order chi connectivity index (χ0) is 15.0. The summed E-state index contributed by atoms with van der Waals surface area (Å²) in [5, 5.41) is 4.83. The highest BCUT2D eigenvalue weighted by Crippen LogP contribution is 2.22. The summed E-state index contributed by atoms with van der Waals surface area (Å²) in [4.78, 5) is 8.01. The Kier molecular flexibility index (Phi) is 3.50. The Labute approximate surface area is 129 Å². The maximum Gasteiger partial charge on any atom is 0.248 e. The van der Waals surface area contributed by atoms with Crippen molar-refractivity contribution in [3.8, 4) is 0 Å². The second-order valence-corrected chi connectivity index (χ2v) is 7.26. The molecule has 0 aliphatic rings. The van der Waals surface area contributed by atoms with E-state index in [9.17, 15) is 8.42 Å². The minimum atomic E-state index is -3.45. The lowest BCUT2D eigenvalue weighted by Crippen LogP contribution is -2.07. The maximum atomic E-state index is 11.6. The van der Waals surface area contributed by atoms with Gasteiger partial charge < -0.3 is 0 Å². The first-order valence-corrected chi connectivity index (χ1v) is 8.76. The first kappa shape index (κ1) is 14.2. The molecule has 0 bridgehead atoms. The zero-order valence-electron chi connectivity index (χ0n) is 11.1. The molecule has 0 unspecified atom stereocenters. The molecule has 0 aliphatic carbocycles.